The Morgan fingerprint density at radius 1 is 1.24 bits per heavy atom. The fourth-order valence-electron chi connectivity index (χ4n) is 2.64. The Kier molecular flexibility index (Phi) is 4.62. The third-order valence-electron chi connectivity index (χ3n) is 3.80. The lowest BCUT2D eigenvalue weighted by molar-refractivity contribution is -0.386. The Labute approximate surface area is 123 Å². The average molecular weight is 316 g/mol. The van der Waals surface area contributed by atoms with Crippen LogP contribution in [0.5, 0.6) is 0 Å². The van der Waals surface area contributed by atoms with Crippen LogP contribution in [0.3, 0.4) is 0 Å². The van der Waals surface area contributed by atoms with Gasteiger partial charge in [-0.2, -0.15) is 5.10 Å². The van der Waals surface area contributed by atoms with Gasteiger partial charge in [0, 0.05) is 13.1 Å². The minimum Gasteiger partial charge on any atom is -0.261 e. The van der Waals surface area contributed by atoms with E-state index in [1.807, 2.05) is 0 Å². The van der Waals surface area contributed by atoms with Gasteiger partial charge < -0.3 is 0 Å². The van der Waals surface area contributed by atoms with Crippen molar-refractivity contribution in [2.75, 3.05) is 18.8 Å². The maximum atomic E-state index is 12.2. The van der Waals surface area contributed by atoms with Crippen molar-refractivity contribution >= 4 is 15.7 Å². The number of nitro groups is 1. The first kappa shape index (κ1) is 15.9. The SMILES string of the molecule is Cc1nn(CCS(=O)(=O)N2CCCCC2)c(C)c1[N+](=O)[O-]. The van der Waals surface area contributed by atoms with Crippen LogP contribution in [0.1, 0.15) is 30.7 Å². The van der Waals surface area contributed by atoms with E-state index in [1.165, 1.54) is 8.99 Å². The van der Waals surface area contributed by atoms with Crippen LogP contribution in [0.25, 0.3) is 0 Å². The number of sulfonamides is 1. The average Bonchev–Trinajstić information content (AvgIpc) is 2.72. The minimum atomic E-state index is -3.32. The van der Waals surface area contributed by atoms with Crippen LogP contribution in [0.4, 0.5) is 5.69 Å². The van der Waals surface area contributed by atoms with Crippen LogP contribution in [0.2, 0.25) is 0 Å². The zero-order valence-corrected chi connectivity index (χ0v) is 13.1. The monoisotopic (exact) mass is 316 g/mol. The number of nitrogens with zero attached hydrogens (tertiary/aromatic N) is 4. The summed E-state index contributed by atoms with van der Waals surface area (Å²) in [4.78, 5) is 10.5. The molecule has 0 N–H and O–H groups in total. The smallest absolute Gasteiger partial charge is 0.261 e. The van der Waals surface area contributed by atoms with Crippen LogP contribution < -0.4 is 0 Å². The van der Waals surface area contributed by atoms with Gasteiger partial charge in [0.05, 0.1) is 17.2 Å². The fraction of sp³-hybridized carbons (Fsp3) is 0.750. The molecule has 1 aliphatic heterocycles. The van der Waals surface area contributed by atoms with Gasteiger partial charge in [0.15, 0.2) is 0 Å². The van der Waals surface area contributed by atoms with Crippen LogP contribution in [0.15, 0.2) is 0 Å². The van der Waals surface area contributed by atoms with E-state index in [4.69, 9.17) is 0 Å². The number of rotatable bonds is 5. The molecule has 0 aromatic carbocycles. The van der Waals surface area contributed by atoms with E-state index >= 15 is 0 Å². The zero-order valence-electron chi connectivity index (χ0n) is 12.3. The van der Waals surface area contributed by atoms with Crippen LogP contribution in [0, 0.1) is 24.0 Å². The first-order valence-electron chi connectivity index (χ1n) is 6.99. The summed E-state index contributed by atoms with van der Waals surface area (Å²) < 4.78 is 27.4. The zero-order chi connectivity index (χ0) is 15.6. The molecule has 0 unspecified atom stereocenters. The standard InChI is InChI=1S/C12H20N4O4S/c1-10-12(16(17)18)11(2)15(13-10)8-9-21(19,20)14-6-4-3-5-7-14/h3-9H2,1-2H3. The maximum absolute atomic E-state index is 12.2. The summed E-state index contributed by atoms with van der Waals surface area (Å²) in [6.07, 6.45) is 2.85. The lowest BCUT2D eigenvalue weighted by Crippen LogP contribution is -2.38. The molecule has 1 saturated heterocycles. The Balaban J connectivity index is 2.09. The van der Waals surface area contributed by atoms with Crippen molar-refractivity contribution in [1.29, 1.82) is 0 Å². The van der Waals surface area contributed by atoms with E-state index in [2.05, 4.69) is 5.10 Å². The first-order chi connectivity index (χ1) is 9.83. The Hall–Kier alpha value is -1.48. The van der Waals surface area contributed by atoms with E-state index < -0.39 is 14.9 Å². The number of hydrogen-bond donors (Lipinski definition) is 0. The number of piperidine rings is 1. The summed E-state index contributed by atoms with van der Waals surface area (Å²) in [6.45, 7) is 4.42. The molecule has 0 aliphatic carbocycles. The third-order valence-corrected chi connectivity index (χ3v) is 5.65. The molecule has 1 aromatic rings. The maximum Gasteiger partial charge on any atom is 0.312 e. The molecule has 0 amide bonds. The van der Waals surface area contributed by atoms with Gasteiger partial charge >= 0.3 is 5.69 Å². The van der Waals surface area contributed by atoms with Gasteiger partial charge in [0.2, 0.25) is 10.0 Å². The summed E-state index contributed by atoms with van der Waals surface area (Å²) in [7, 11) is -3.32. The fourth-order valence-corrected chi connectivity index (χ4v) is 4.12. The molecule has 8 nitrogen and oxygen atoms in total. The van der Waals surface area contributed by atoms with Gasteiger partial charge in [-0.05, 0) is 26.7 Å². The summed E-state index contributed by atoms with van der Waals surface area (Å²) in [6, 6.07) is 0. The molecule has 0 spiro atoms. The van der Waals surface area contributed by atoms with Crippen LogP contribution in [-0.2, 0) is 16.6 Å². The predicted octanol–water partition coefficient (Wildman–Crippen LogP) is 1.22. The number of aromatic nitrogens is 2. The molecule has 0 atom stereocenters. The summed E-state index contributed by atoms with van der Waals surface area (Å²) in [5.74, 6) is -0.0773. The van der Waals surface area contributed by atoms with Crippen molar-refractivity contribution in [2.45, 2.75) is 39.7 Å². The third kappa shape index (κ3) is 3.41. The topological polar surface area (TPSA) is 98.3 Å². The molecular formula is C12H20N4O4S. The van der Waals surface area contributed by atoms with Gasteiger partial charge in [-0.1, -0.05) is 6.42 Å². The number of aryl methyl sites for hydroxylation is 2. The Morgan fingerprint density at radius 3 is 2.38 bits per heavy atom. The first-order valence-corrected chi connectivity index (χ1v) is 8.60. The van der Waals surface area contributed by atoms with E-state index in [0.717, 1.165) is 19.3 Å². The number of hydrogen-bond acceptors (Lipinski definition) is 5. The van der Waals surface area contributed by atoms with Crippen molar-refractivity contribution < 1.29 is 13.3 Å². The van der Waals surface area contributed by atoms with Gasteiger partial charge in [-0.25, -0.2) is 12.7 Å². The van der Waals surface area contributed by atoms with Crippen molar-refractivity contribution in [2.24, 2.45) is 0 Å². The molecule has 9 heteroatoms. The highest BCUT2D eigenvalue weighted by molar-refractivity contribution is 7.89. The molecule has 21 heavy (non-hydrogen) atoms. The van der Waals surface area contributed by atoms with Crippen LogP contribution in [-0.4, -0.2) is 46.3 Å². The van der Waals surface area contributed by atoms with E-state index in [9.17, 15) is 18.5 Å². The second kappa shape index (κ2) is 6.10. The molecular weight excluding hydrogens is 296 g/mol. The van der Waals surface area contributed by atoms with E-state index in [0.29, 0.717) is 24.5 Å². The second-order valence-corrected chi connectivity index (χ2v) is 7.36. The van der Waals surface area contributed by atoms with E-state index in [1.54, 1.807) is 13.8 Å². The molecule has 0 radical (unpaired) electrons. The minimum absolute atomic E-state index is 0.0367. The van der Waals surface area contributed by atoms with Crippen molar-refractivity contribution in [3.8, 4) is 0 Å². The highest BCUT2D eigenvalue weighted by Crippen LogP contribution is 2.22. The van der Waals surface area contributed by atoms with Gasteiger partial charge in [0.1, 0.15) is 11.4 Å². The normalized spacial score (nSPS) is 17.0. The van der Waals surface area contributed by atoms with Crippen molar-refractivity contribution in [3.63, 3.8) is 0 Å². The Morgan fingerprint density at radius 2 is 1.86 bits per heavy atom. The highest BCUT2D eigenvalue weighted by Gasteiger charge is 2.26. The van der Waals surface area contributed by atoms with Crippen LogP contribution >= 0.6 is 0 Å². The summed E-state index contributed by atoms with van der Waals surface area (Å²) in [5, 5.41) is 15.0. The van der Waals surface area contributed by atoms with Gasteiger partial charge in [0.25, 0.3) is 0 Å². The lowest BCUT2D eigenvalue weighted by Gasteiger charge is -2.25. The van der Waals surface area contributed by atoms with Crippen molar-refractivity contribution in [1.82, 2.24) is 14.1 Å². The second-order valence-electron chi connectivity index (χ2n) is 5.28. The summed E-state index contributed by atoms with van der Waals surface area (Å²) in [5.41, 5.74) is 0.671. The lowest BCUT2D eigenvalue weighted by atomic mass is 10.2. The quantitative estimate of drug-likeness (QED) is 0.601. The largest absolute Gasteiger partial charge is 0.312 e. The van der Waals surface area contributed by atoms with Gasteiger partial charge in [-0.3, -0.25) is 14.8 Å². The van der Waals surface area contributed by atoms with Crippen molar-refractivity contribution in [3.05, 3.63) is 21.5 Å². The molecule has 1 aliphatic rings. The molecule has 1 aromatic heterocycles. The summed E-state index contributed by atoms with van der Waals surface area (Å²) >= 11 is 0. The Bertz CT molecular complexity index is 632. The highest BCUT2D eigenvalue weighted by atomic mass is 32.2. The van der Waals surface area contributed by atoms with E-state index in [-0.39, 0.29) is 18.0 Å². The molecule has 118 valence electrons. The molecule has 0 saturated carbocycles. The molecule has 0 bridgehead atoms. The predicted molar refractivity (Wildman–Crippen MR) is 77.6 cm³/mol. The molecule has 2 rings (SSSR count). The van der Waals surface area contributed by atoms with Gasteiger partial charge in [-0.15, -0.1) is 0 Å². The molecule has 1 fully saturated rings. The molecule has 2 heterocycles.